The first-order valence-electron chi connectivity index (χ1n) is 3.61. The van der Waals surface area contributed by atoms with E-state index in [-0.39, 0.29) is 0 Å². The maximum atomic E-state index is 2.42. The van der Waals surface area contributed by atoms with Crippen molar-refractivity contribution in [2.24, 2.45) is 0 Å². The van der Waals surface area contributed by atoms with Gasteiger partial charge in [-0.2, -0.15) is 0 Å². The van der Waals surface area contributed by atoms with Gasteiger partial charge in [0.2, 0.25) is 0 Å². The average molecular weight is 371 g/mol. The molecule has 0 aromatic heterocycles. The first kappa shape index (κ1) is 8.29. The molecule has 1 aromatic rings. The van der Waals surface area contributed by atoms with Gasteiger partial charge >= 0.3 is 92.0 Å². The molecule has 0 spiro atoms. The Morgan fingerprint density at radius 2 is 2.27 bits per heavy atom. The molecule has 2 rings (SSSR count). The van der Waals surface area contributed by atoms with Crippen LogP contribution < -0.4 is 21.2 Å². The minimum atomic E-state index is 0.569. The predicted molar refractivity (Wildman–Crippen MR) is 51.5 cm³/mol. The van der Waals surface area contributed by atoms with E-state index in [9.17, 15) is 0 Å². The van der Waals surface area contributed by atoms with E-state index in [0.717, 1.165) is 3.92 Å². The molecule has 1 fully saturated rings. The first-order chi connectivity index (χ1) is 5.27. The molecule has 0 nitrogen and oxygen atoms in total. The van der Waals surface area contributed by atoms with E-state index < -0.39 is 0 Å². The van der Waals surface area contributed by atoms with Crippen LogP contribution in [0.5, 0.6) is 0 Å². The van der Waals surface area contributed by atoms with Crippen LogP contribution in [0.15, 0.2) is 18.2 Å². The SMILES string of the molecule is Cc1ccc(C2C[I-]2)cc1I. The van der Waals surface area contributed by atoms with E-state index in [2.05, 4.69) is 47.7 Å². The van der Waals surface area contributed by atoms with Gasteiger partial charge in [0.1, 0.15) is 0 Å². The molecule has 1 aromatic carbocycles. The van der Waals surface area contributed by atoms with E-state index >= 15 is 0 Å². The van der Waals surface area contributed by atoms with E-state index in [0.29, 0.717) is 21.2 Å². The second-order valence-electron chi connectivity index (χ2n) is 2.78. The summed E-state index contributed by atoms with van der Waals surface area (Å²) in [5, 5.41) is 0. The Balaban J connectivity index is 2.36. The van der Waals surface area contributed by atoms with Gasteiger partial charge in [-0.15, -0.1) is 0 Å². The zero-order valence-electron chi connectivity index (χ0n) is 6.27. The third kappa shape index (κ3) is 1.88. The molecule has 0 amide bonds. The summed E-state index contributed by atoms with van der Waals surface area (Å²) in [6.45, 7) is 2.17. The van der Waals surface area contributed by atoms with Crippen molar-refractivity contribution in [3.05, 3.63) is 32.9 Å². The fraction of sp³-hybridized carbons (Fsp3) is 0.333. The van der Waals surface area contributed by atoms with Crippen molar-refractivity contribution >= 4 is 22.6 Å². The number of hydrogen-bond acceptors (Lipinski definition) is 0. The van der Waals surface area contributed by atoms with Gasteiger partial charge in [0.15, 0.2) is 0 Å². The molecule has 0 bridgehead atoms. The molecule has 0 aliphatic carbocycles. The summed E-state index contributed by atoms with van der Waals surface area (Å²) < 4.78 is 3.94. The van der Waals surface area contributed by atoms with E-state index in [1.165, 1.54) is 13.6 Å². The maximum absolute atomic E-state index is 2.42. The summed E-state index contributed by atoms with van der Waals surface area (Å²) >= 11 is 2.99. The summed E-state index contributed by atoms with van der Waals surface area (Å²) in [6, 6.07) is 6.90. The molecule has 1 saturated heterocycles. The molecule has 1 aliphatic rings. The molecule has 11 heavy (non-hydrogen) atoms. The van der Waals surface area contributed by atoms with Crippen molar-refractivity contribution in [1.82, 2.24) is 0 Å². The summed E-state index contributed by atoms with van der Waals surface area (Å²) in [5.74, 6) is 0. The minimum absolute atomic E-state index is 0.569. The number of halogens is 2. The normalized spacial score (nSPS) is 22.5. The third-order valence-electron chi connectivity index (χ3n) is 1.87. The fourth-order valence-corrected chi connectivity index (χ4v) is 3.22. The zero-order valence-corrected chi connectivity index (χ0v) is 10.6. The second-order valence-corrected chi connectivity index (χ2v) is 7.21. The molecular weight excluding hydrogens is 362 g/mol. The Kier molecular flexibility index (Phi) is 2.41. The molecule has 0 radical (unpaired) electrons. The van der Waals surface area contributed by atoms with E-state index in [1.54, 1.807) is 5.56 Å². The Morgan fingerprint density at radius 3 is 2.82 bits per heavy atom. The fourth-order valence-electron chi connectivity index (χ4n) is 1.03. The topological polar surface area (TPSA) is 0 Å². The molecular formula is C9H9I2-. The Hall–Kier alpha value is 0.680. The van der Waals surface area contributed by atoms with Crippen molar-refractivity contribution in [3.8, 4) is 0 Å². The van der Waals surface area contributed by atoms with Crippen LogP contribution >= 0.6 is 22.6 Å². The van der Waals surface area contributed by atoms with Crippen LogP contribution in [0, 0.1) is 10.5 Å². The van der Waals surface area contributed by atoms with Gasteiger partial charge in [0.25, 0.3) is 0 Å². The number of aryl methyl sites for hydroxylation is 1. The molecule has 60 valence electrons. The van der Waals surface area contributed by atoms with E-state index in [4.69, 9.17) is 0 Å². The van der Waals surface area contributed by atoms with Crippen LogP contribution in [0.25, 0.3) is 0 Å². The van der Waals surface area contributed by atoms with Crippen molar-refractivity contribution in [2.45, 2.75) is 10.8 Å². The molecule has 2 heteroatoms. The van der Waals surface area contributed by atoms with Gasteiger partial charge in [0.05, 0.1) is 0 Å². The van der Waals surface area contributed by atoms with Crippen LogP contribution in [0.4, 0.5) is 0 Å². The summed E-state index contributed by atoms with van der Waals surface area (Å²) in [6.07, 6.45) is 0. The van der Waals surface area contributed by atoms with Crippen molar-refractivity contribution in [1.29, 1.82) is 0 Å². The Morgan fingerprint density at radius 1 is 1.55 bits per heavy atom. The molecule has 1 heterocycles. The van der Waals surface area contributed by atoms with Gasteiger partial charge in [-0.3, -0.25) is 0 Å². The van der Waals surface area contributed by atoms with Gasteiger partial charge < -0.3 is 0 Å². The third-order valence-corrected chi connectivity index (χ3v) is 5.51. The number of benzene rings is 1. The standard InChI is InChI=1S/C9H9I2/c1-6-2-3-7(4-8(6)10)9-5-11-9/h2-4,9H,5H2,1H3/q-1. The van der Waals surface area contributed by atoms with Crippen molar-refractivity contribution in [2.75, 3.05) is 4.43 Å². The van der Waals surface area contributed by atoms with Gasteiger partial charge in [0, 0.05) is 0 Å². The quantitative estimate of drug-likeness (QED) is 0.472. The Labute approximate surface area is 91.2 Å². The van der Waals surface area contributed by atoms with Gasteiger partial charge in [-0.05, 0) is 0 Å². The van der Waals surface area contributed by atoms with Crippen LogP contribution in [-0.4, -0.2) is 4.43 Å². The molecule has 1 unspecified atom stereocenters. The number of alkyl halides is 2. The molecule has 1 atom stereocenters. The van der Waals surface area contributed by atoms with E-state index in [1.807, 2.05) is 0 Å². The summed E-state index contributed by atoms with van der Waals surface area (Å²) in [7, 11) is 0. The zero-order chi connectivity index (χ0) is 7.84. The van der Waals surface area contributed by atoms with Crippen LogP contribution in [-0.2, 0) is 0 Å². The summed E-state index contributed by atoms with van der Waals surface area (Å²) in [5.41, 5.74) is 3.00. The average Bonchev–Trinajstić information content (AvgIpc) is 2.77. The van der Waals surface area contributed by atoms with Gasteiger partial charge in [-0.25, -0.2) is 0 Å². The van der Waals surface area contributed by atoms with Crippen molar-refractivity contribution < 1.29 is 21.2 Å². The monoisotopic (exact) mass is 371 g/mol. The first-order valence-corrected chi connectivity index (χ1v) is 7.46. The van der Waals surface area contributed by atoms with Crippen LogP contribution in [0.3, 0.4) is 0 Å². The van der Waals surface area contributed by atoms with Crippen molar-refractivity contribution in [3.63, 3.8) is 0 Å². The number of hydrogen-bond donors (Lipinski definition) is 0. The molecule has 1 aliphatic heterocycles. The number of rotatable bonds is 1. The van der Waals surface area contributed by atoms with Crippen LogP contribution in [0.1, 0.15) is 15.1 Å². The summed E-state index contributed by atoms with van der Waals surface area (Å²) in [4.78, 5) is 0. The predicted octanol–water partition coefficient (Wildman–Crippen LogP) is -0.257. The van der Waals surface area contributed by atoms with Gasteiger partial charge in [-0.1, -0.05) is 0 Å². The molecule has 0 N–H and O–H groups in total. The second kappa shape index (κ2) is 3.20. The molecule has 0 saturated carbocycles. The van der Waals surface area contributed by atoms with Crippen LogP contribution in [0.2, 0.25) is 0 Å². The Bertz CT molecular complexity index is 277.